The molecule has 4 N–H and O–H groups in total. The molecule has 5 heteroatoms. The first-order chi connectivity index (χ1) is 10.1. The molecule has 2 rings (SSSR count). The molecule has 0 atom stereocenters. The van der Waals surface area contributed by atoms with Crippen molar-refractivity contribution in [1.29, 1.82) is 5.26 Å². The normalized spacial score (nSPS) is 12.0. The Balaban J connectivity index is 2.20. The maximum atomic E-state index is 8.73. The zero-order valence-corrected chi connectivity index (χ0v) is 11.9. The van der Waals surface area contributed by atoms with E-state index in [1.165, 1.54) is 0 Å². The third-order valence-corrected chi connectivity index (χ3v) is 2.99. The molecule has 2 aromatic rings. The summed E-state index contributed by atoms with van der Waals surface area (Å²) < 4.78 is 0. The van der Waals surface area contributed by atoms with Crippen molar-refractivity contribution >= 4 is 28.8 Å². The highest BCUT2D eigenvalue weighted by molar-refractivity contribution is 6.30. The fourth-order valence-corrected chi connectivity index (χ4v) is 1.80. The summed E-state index contributed by atoms with van der Waals surface area (Å²) in [5.41, 5.74) is 14.4. The predicted octanol–water partition coefficient (Wildman–Crippen LogP) is 3.20. The van der Waals surface area contributed by atoms with E-state index < -0.39 is 0 Å². The Hall–Kier alpha value is -2.77. The number of hydrogen-bond acceptors (Lipinski definition) is 3. The molecule has 21 heavy (non-hydrogen) atoms. The van der Waals surface area contributed by atoms with E-state index in [-0.39, 0.29) is 5.84 Å². The van der Waals surface area contributed by atoms with Gasteiger partial charge in [-0.05, 0) is 42.0 Å². The Bertz CT molecular complexity index is 722. The molecular formula is C16H13ClN4. The van der Waals surface area contributed by atoms with Crippen LogP contribution in [0.2, 0.25) is 5.02 Å². The number of benzene rings is 2. The molecule has 0 bridgehead atoms. The lowest BCUT2D eigenvalue weighted by atomic mass is 10.1. The number of hydrogen-bond donors (Lipinski definition) is 2. The topological polar surface area (TPSA) is 88.2 Å². The molecule has 0 amide bonds. The Labute approximate surface area is 128 Å². The molecular weight excluding hydrogens is 284 g/mol. The van der Waals surface area contributed by atoms with Crippen molar-refractivity contribution in [1.82, 2.24) is 0 Å². The minimum atomic E-state index is 0.284. The van der Waals surface area contributed by atoms with Gasteiger partial charge in [0.15, 0.2) is 0 Å². The van der Waals surface area contributed by atoms with E-state index in [2.05, 4.69) is 4.99 Å². The summed E-state index contributed by atoms with van der Waals surface area (Å²) in [7, 11) is 0. The SMILES string of the molecule is N#Cc1ccc(N=C(N)/C=C(\N)c2ccc(Cl)cc2)cc1. The fraction of sp³-hybridized carbons (Fsp3) is 0. The molecule has 0 heterocycles. The number of nitrogens with zero attached hydrogens (tertiary/aromatic N) is 2. The van der Waals surface area contributed by atoms with Gasteiger partial charge in [-0.2, -0.15) is 5.26 Å². The average molecular weight is 297 g/mol. The van der Waals surface area contributed by atoms with Crippen molar-refractivity contribution in [3.05, 3.63) is 70.8 Å². The van der Waals surface area contributed by atoms with E-state index in [1.54, 1.807) is 42.5 Å². The second kappa shape index (κ2) is 6.60. The average Bonchev–Trinajstić information content (AvgIpc) is 2.48. The molecule has 0 saturated carbocycles. The van der Waals surface area contributed by atoms with Crippen molar-refractivity contribution in [2.75, 3.05) is 0 Å². The zero-order chi connectivity index (χ0) is 15.2. The molecule has 104 valence electrons. The first-order valence-electron chi connectivity index (χ1n) is 6.16. The van der Waals surface area contributed by atoms with Crippen LogP contribution in [0.25, 0.3) is 5.70 Å². The highest BCUT2D eigenvalue weighted by Gasteiger charge is 1.98. The van der Waals surface area contributed by atoms with Crippen LogP contribution in [-0.2, 0) is 0 Å². The summed E-state index contributed by atoms with van der Waals surface area (Å²) in [6, 6.07) is 16.0. The largest absolute Gasteiger partial charge is 0.398 e. The van der Waals surface area contributed by atoms with Gasteiger partial charge in [-0.1, -0.05) is 23.7 Å². The number of aliphatic imine (C=N–C) groups is 1. The second-order valence-electron chi connectivity index (χ2n) is 4.30. The minimum Gasteiger partial charge on any atom is -0.398 e. The molecule has 2 aromatic carbocycles. The maximum Gasteiger partial charge on any atom is 0.126 e. The van der Waals surface area contributed by atoms with Crippen LogP contribution in [0.3, 0.4) is 0 Å². The lowest BCUT2D eigenvalue weighted by Crippen LogP contribution is -2.10. The van der Waals surface area contributed by atoms with E-state index >= 15 is 0 Å². The number of amidine groups is 1. The first-order valence-corrected chi connectivity index (χ1v) is 6.54. The Kier molecular flexibility index (Phi) is 4.60. The van der Waals surface area contributed by atoms with E-state index in [0.717, 1.165) is 5.56 Å². The third kappa shape index (κ3) is 4.10. The predicted molar refractivity (Wildman–Crippen MR) is 86.1 cm³/mol. The summed E-state index contributed by atoms with van der Waals surface area (Å²) in [6.07, 6.45) is 1.58. The van der Waals surface area contributed by atoms with Gasteiger partial charge in [0.05, 0.1) is 17.3 Å². The van der Waals surface area contributed by atoms with Crippen LogP contribution < -0.4 is 11.5 Å². The van der Waals surface area contributed by atoms with Crippen molar-refractivity contribution in [3.8, 4) is 6.07 Å². The molecule has 0 aliphatic heterocycles. The van der Waals surface area contributed by atoms with Gasteiger partial charge in [-0.15, -0.1) is 0 Å². The lowest BCUT2D eigenvalue weighted by molar-refractivity contribution is 1.44. The van der Waals surface area contributed by atoms with Gasteiger partial charge in [-0.3, -0.25) is 0 Å². The number of rotatable bonds is 3. The Morgan fingerprint density at radius 1 is 1.05 bits per heavy atom. The highest BCUT2D eigenvalue weighted by atomic mass is 35.5. The van der Waals surface area contributed by atoms with Crippen molar-refractivity contribution in [3.63, 3.8) is 0 Å². The molecule has 0 unspecified atom stereocenters. The van der Waals surface area contributed by atoms with Gasteiger partial charge < -0.3 is 11.5 Å². The maximum absolute atomic E-state index is 8.73. The minimum absolute atomic E-state index is 0.284. The Morgan fingerprint density at radius 3 is 2.24 bits per heavy atom. The van der Waals surface area contributed by atoms with Crippen LogP contribution in [0, 0.1) is 11.3 Å². The van der Waals surface area contributed by atoms with Crippen LogP contribution in [0.4, 0.5) is 5.69 Å². The summed E-state index contributed by atoms with van der Waals surface area (Å²) in [6.45, 7) is 0. The van der Waals surface area contributed by atoms with Gasteiger partial charge in [0.1, 0.15) is 5.84 Å². The summed E-state index contributed by atoms with van der Waals surface area (Å²) >= 11 is 5.82. The van der Waals surface area contributed by atoms with Crippen LogP contribution in [0.1, 0.15) is 11.1 Å². The van der Waals surface area contributed by atoms with E-state index in [0.29, 0.717) is 22.0 Å². The van der Waals surface area contributed by atoms with Gasteiger partial charge in [0, 0.05) is 16.8 Å². The number of nitriles is 1. The zero-order valence-electron chi connectivity index (χ0n) is 11.1. The monoisotopic (exact) mass is 296 g/mol. The molecule has 0 aliphatic carbocycles. The number of halogens is 1. The standard InChI is InChI=1S/C16H13ClN4/c17-13-5-3-12(4-6-13)15(19)9-16(20)21-14-7-1-11(10-18)2-8-14/h1-9H,19H2,(H2,20,21)/b15-9-. The molecule has 0 aromatic heterocycles. The quantitative estimate of drug-likeness (QED) is 0.673. The molecule has 0 radical (unpaired) electrons. The third-order valence-electron chi connectivity index (χ3n) is 2.74. The van der Waals surface area contributed by atoms with E-state index in [1.807, 2.05) is 18.2 Å². The fourth-order valence-electron chi connectivity index (χ4n) is 1.68. The van der Waals surface area contributed by atoms with Gasteiger partial charge in [-0.25, -0.2) is 4.99 Å². The summed E-state index contributed by atoms with van der Waals surface area (Å²) in [5.74, 6) is 0.284. The molecule has 0 fully saturated rings. The van der Waals surface area contributed by atoms with E-state index in [4.69, 9.17) is 28.3 Å². The van der Waals surface area contributed by atoms with Crippen molar-refractivity contribution < 1.29 is 0 Å². The molecule has 0 aliphatic rings. The summed E-state index contributed by atoms with van der Waals surface area (Å²) in [4.78, 5) is 4.22. The van der Waals surface area contributed by atoms with Crippen molar-refractivity contribution in [2.45, 2.75) is 0 Å². The van der Waals surface area contributed by atoms with Gasteiger partial charge in [0.2, 0.25) is 0 Å². The van der Waals surface area contributed by atoms with Crippen LogP contribution in [0.5, 0.6) is 0 Å². The van der Waals surface area contributed by atoms with Gasteiger partial charge in [0.25, 0.3) is 0 Å². The van der Waals surface area contributed by atoms with Crippen LogP contribution >= 0.6 is 11.6 Å². The second-order valence-corrected chi connectivity index (χ2v) is 4.74. The number of nitrogens with two attached hydrogens (primary N) is 2. The van der Waals surface area contributed by atoms with Crippen LogP contribution in [0.15, 0.2) is 59.6 Å². The smallest absolute Gasteiger partial charge is 0.126 e. The van der Waals surface area contributed by atoms with E-state index in [9.17, 15) is 0 Å². The molecule has 0 saturated heterocycles. The lowest BCUT2D eigenvalue weighted by Gasteiger charge is -2.02. The van der Waals surface area contributed by atoms with Gasteiger partial charge >= 0.3 is 0 Å². The highest BCUT2D eigenvalue weighted by Crippen LogP contribution is 2.15. The summed E-state index contributed by atoms with van der Waals surface area (Å²) in [5, 5.41) is 9.37. The first kappa shape index (κ1) is 14.6. The van der Waals surface area contributed by atoms with Crippen molar-refractivity contribution in [2.24, 2.45) is 16.5 Å². The Morgan fingerprint density at radius 2 is 1.67 bits per heavy atom. The van der Waals surface area contributed by atoms with Crippen LogP contribution in [-0.4, -0.2) is 5.84 Å². The molecule has 0 spiro atoms. The molecule has 4 nitrogen and oxygen atoms in total.